The number of ether oxygens (including phenoxy) is 3. The lowest BCUT2D eigenvalue weighted by Crippen LogP contribution is -2.29. The van der Waals surface area contributed by atoms with Crippen molar-refractivity contribution in [3.05, 3.63) is 28.4 Å². The van der Waals surface area contributed by atoms with Crippen molar-refractivity contribution in [2.75, 3.05) is 45.0 Å². The van der Waals surface area contributed by atoms with Crippen LogP contribution in [0.25, 0.3) is 10.4 Å². The molecule has 0 aliphatic carbocycles. The van der Waals surface area contributed by atoms with E-state index in [1.165, 1.54) is 11.8 Å². The van der Waals surface area contributed by atoms with Crippen LogP contribution in [0.4, 0.5) is 0 Å². The van der Waals surface area contributed by atoms with Gasteiger partial charge in [-0.2, -0.15) is 0 Å². The third-order valence-electron chi connectivity index (χ3n) is 2.65. The van der Waals surface area contributed by atoms with E-state index in [4.69, 9.17) is 19.7 Å². The molecule has 0 amide bonds. The van der Waals surface area contributed by atoms with Crippen molar-refractivity contribution < 1.29 is 19.0 Å². The quantitative estimate of drug-likeness (QED) is 0.0987. The van der Waals surface area contributed by atoms with Gasteiger partial charge in [-0.05, 0) is 18.6 Å². The molecule has 0 spiro atoms. The minimum absolute atomic E-state index is 0.332. The first-order valence-corrected chi connectivity index (χ1v) is 12.1. The van der Waals surface area contributed by atoms with Crippen molar-refractivity contribution in [1.82, 2.24) is 9.97 Å². The highest BCUT2D eigenvalue weighted by atomic mass is 32.2. The molecule has 0 radical (unpaired) electrons. The summed E-state index contributed by atoms with van der Waals surface area (Å²) in [5.41, 5.74) is 8.98. The number of rotatable bonds is 14. The first kappa shape index (κ1) is 21.8. The van der Waals surface area contributed by atoms with Gasteiger partial charge in [-0.25, -0.2) is 9.97 Å². The summed E-state index contributed by atoms with van der Waals surface area (Å²) < 4.78 is 16.0. The van der Waals surface area contributed by atoms with E-state index in [1.54, 1.807) is 12.4 Å². The second-order valence-corrected chi connectivity index (χ2v) is 11.1. The monoisotopic (exact) mass is 387 g/mol. The van der Waals surface area contributed by atoms with Crippen LogP contribution in [0.3, 0.4) is 0 Å². The van der Waals surface area contributed by atoms with Gasteiger partial charge in [0.1, 0.15) is 0 Å². The maximum atomic E-state index is 9.81. The summed E-state index contributed by atoms with van der Waals surface area (Å²) in [5.74, 6) is 0. The lowest BCUT2D eigenvalue weighted by molar-refractivity contribution is 0.0118. The molecule has 9 nitrogen and oxygen atoms in total. The van der Waals surface area contributed by atoms with Crippen LogP contribution in [0.2, 0.25) is 13.1 Å². The molecule has 0 saturated heterocycles. The Balaban J connectivity index is 2.02. The highest BCUT2D eigenvalue weighted by molar-refractivity contribution is 8.00. The molecule has 0 fully saturated rings. The minimum atomic E-state index is -2.09. The summed E-state index contributed by atoms with van der Waals surface area (Å²) in [5, 5.41) is 4.70. The summed E-state index contributed by atoms with van der Waals surface area (Å²) in [6, 6.07) is 0. The number of nitrogens with zero attached hydrogens (tertiary/aromatic N) is 5. The predicted octanol–water partition coefficient (Wildman–Crippen LogP) is 2.17. The Morgan fingerprint density at radius 1 is 1.12 bits per heavy atom. The Morgan fingerprint density at radius 3 is 2.32 bits per heavy atom. The van der Waals surface area contributed by atoms with E-state index in [1.807, 2.05) is 13.1 Å². The topological polar surface area (TPSA) is 122 Å². The van der Waals surface area contributed by atoms with Gasteiger partial charge in [-0.1, -0.05) is 16.9 Å². The molecule has 0 aliphatic heterocycles. The first-order chi connectivity index (χ1) is 12.0. The lowest BCUT2D eigenvalue weighted by atomic mass is 10.4. The molecule has 1 aromatic heterocycles. The molecular formula is C14H25N5O4SSi. The molecule has 0 bridgehead atoms. The Kier molecular flexibility index (Phi) is 11.4. The summed E-state index contributed by atoms with van der Waals surface area (Å²) >= 11 is 1.48. The average molecular weight is 388 g/mol. The molecule has 1 heterocycles. The highest BCUT2D eigenvalue weighted by Gasteiger charge is 2.17. The van der Waals surface area contributed by atoms with E-state index in [9.17, 15) is 4.80 Å². The molecule has 0 atom stereocenters. The summed E-state index contributed by atoms with van der Waals surface area (Å²) in [7, 11) is -2.09. The minimum Gasteiger partial charge on any atom is -0.431 e. The fourth-order valence-electron chi connectivity index (χ4n) is 1.51. The van der Waals surface area contributed by atoms with Crippen LogP contribution in [0.1, 0.15) is 5.56 Å². The van der Waals surface area contributed by atoms with Gasteiger partial charge >= 0.3 is 0 Å². The van der Waals surface area contributed by atoms with E-state index in [0.29, 0.717) is 56.7 Å². The standard InChI is InChI=1S/C14H25N5O4SSi/c1-25(2,20)12-24-14-16-9-13(10-17-14)11-23-8-7-22-6-5-21-4-3-18-19-15/h9-10,20H,3-8,11-12H2,1-2H3. The molecule has 1 aromatic rings. The van der Waals surface area contributed by atoms with Gasteiger partial charge in [-0.3, -0.25) is 0 Å². The largest absolute Gasteiger partial charge is 0.431 e. The van der Waals surface area contributed by atoms with Gasteiger partial charge in [0, 0.05) is 34.8 Å². The summed E-state index contributed by atoms with van der Waals surface area (Å²) in [4.78, 5) is 21.0. The maximum Gasteiger partial charge on any atom is 0.192 e. The van der Waals surface area contributed by atoms with Crippen LogP contribution in [-0.4, -0.2) is 68.0 Å². The number of aromatic nitrogens is 2. The van der Waals surface area contributed by atoms with Crippen molar-refractivity contribution in [2.24, 2.45) is 5.11 Å². The van der Waals surface area contributed by atoms with Crippen molar-refractivity contribution in [1.29, 1.82) is 0 Å². The Labute approximate surface area is 152 Å². The highest BCUT2D eigenvalue weighted by Crippen LogP contribution is 2.16. The predicted molar refractivity (Wildman–Crippen MR) is 97.8 cm³/mol. The molecule has 11 heteroatoms. The Hall–Kier alpha value is -1.20. The SMILES string of the molecule is C[Si](C)(O)CSc1ncc(COCCOCCOCCN=[N+]=[N-])cn1. The second-order valence-electron chi connectivity index (χ2n) is 5.71. The van der Waals surface area contributed by atoms with Crippen LogP contribution in [-0.2, 0) is 20.8 Å². The summed E-state index contributed by atoms with van der Waals surface area (Å²) in [6.45, 7) is 6.82. The van der Waals surface area contributed by atoms with Gasteiger partial charge in [0.05, 0.1) is 39.6 Å². The molecule has 1 N–H and O–H groups in total. The molecule has 1 rings (SSSR count). The lowest BCUT2D eigenvalue weighted by Gasteiger charge is -2.12. The van der Waals surface area contributed by atoms with Gasteiger partial charge in [0.25, 0.3) is 0 Å². The second kappa shape index (κ2) is 13.1. The maximum absolute atomic E-state index is 9.81. The van der Waals surface area contributed by atoms with Gasteiger partial charge < -0.3 is 19.0 Å². The zero-order valence-corrected chi connectivity index (χ0v) is 16.4. The van der Waals surface area contributed by atoms with Crippen molar-refractivity contribution in [3.63, 3.8) is 0 Å². The number of azide groups is 1. The zero-order valence-electron chi connectivity index (χ0n) is 14.6. The summed E-state index contributed by atoms with van der Waals surface area (Å²) in [6.07, 6.45) is 3.47. The molecule has 0 unspecified atom stereocenters. The van der Waals surface area contributed by atoms with E-state index in [0.717, 1.165) is 5.56 Å². The number of hydrogen-bond donors (Lipinski definition) is 1. The van der Waals surface area contributed by atoms with Gasteiger partial charge in [0.15, 0.2) is 13.5 Å². The fourth-order valence-corrected chi connectivity index (χ4v) is 3.70. The zero-order chi connectivity index (χ0) is 18.4. The van der Waals surface area contributed by atoms with Gasteiger partial charge in [-0.15, -0.1) is 0 Å². The third kappa shape index (κ3) is 12.8. The van der Waals surface area contributed by atoms with Crippen molar-refractivity contribution in [3.8, 4) is 0 Å². The normalized spacial score (nSPS) is 11.3. The van der Waals surface area contributed by atoms with Crippen LogP contribution >= 0.6 is 11.8 Å². The molecule has 0 saturated carbocycles. The van der Waals surface area contributed by atoms with E-state index in [2.05, 4.69) is 20.0 Å². The van der Waals surface area contributed by atoms with Gasteiger partial charge in [0.2, 0.25) is 0 Å². The number of hydrogen-bond acceptors (Lipinski definition) is 8. The van der Waals surface area contributed by atoms with E-state index in [-0.39, 0.29) is 0 Å². The van der Waals surface area contributed by atoms with E-state index >= 15 is 0 Å². The van der Waals surface area contributed by atoms with Crippen LogP contribution in [0.5, 0.6) is 0 Å². The molecule has 0 aliphatic rings. The molecule has 0 aromatic carbocycles. The Morgan fingerprint density at radius 2 is 1.72 bits per heavy atom. The smallest absolute Gasteiger partial charge is 0.192 e. The van der Waals surface area contributed by atoms with Crippen LogP contribution < -0.4 is 0 Å². The molecule has 25 heavy (non-hydrogen) atoms. The fraction of sp³-hybridized carbons (Fsp3) is 0.714. The van der Waals surface area contributed by atoms with Crippen LogP contribution in [0.15, 0.2) is 22.7 Å². The average Bonchev–Trinajstić information content (AvgIpc) is 2.58. The Bertz CT molecular complexity index is 523. The molecule has 140 valence electrons. The third-order valence-corrected chi connectivity index (χ3v) is 6.52. The van der Waals surface area contributed by atoms with Crippen molar-refractivity contribution >= 4 is 20.1 Å². The van der Waals surface area contributed by atoms with E-state index < -0.39 is 8.32 Å². The van der Waals surface area contributed by atoms with Crippen molar-refractivity contribution in [2.45, 2.75) is 24.9 Å². The first-order valence-electron chi connectivity index (χ1n) is 7.91. The number of thioether (sulfide) groups is 1. The van der Waals surface area contributed by atoms with Crippen LogP contribution in [0, 0.1) is 0 Å². The molecular weight excluding hydrogens is 362 g/mol.